The van der Waals surface area contributed by atoms with Crippen LogP contribution in [0.4, 0.5) is 0 Å². The average molecular weight is 322 g/mol. The van der Waals surface area contributed by atoms with Crippen molar-refractivity contribution < 1.29 is 9.53 Å². The number of nitrogens with zero attached hydrogens (tertiary/aromatic N) is 3. The molecule has 0 fully saturated rings. The van der Waals surface area contributed by atoms with Gasteiger partial charge in [-0.25, -0.2) is 9.67 Å². The Morgan fingerprint density at radius 3 is 2.71 bits per heavy atom. The van der Waals surface area contributed by atoms with Crippen LogP contribution in [0, 0.1) is 0 Å². The van der Waals surface area contributed by atoms with Gasteiger partial charge in [0.05, 0.1) is 6.10 Å². The van der Waals surface area contributed by atoms with Gasteiger partial charge in [0, 0.05) is 26.0 Å². The van der Waals surface area contributed by atoms with Crippen molar-refractivity contribution in [3.05, 3.63) is 78.2 Å². The van der Waals surface area contributed by atoms with Gasteiger partial charge in [-0.1, -0.05) is 36.4 Å². The second-order valence-corrected chi connectivity index (χ2v) is 5.18. The van der Waals surface area contributed by atoms with Gasteiger partial charge in [-0.3, -0.25) is 4.79 Å². The molecule has 6 heteroatoms. The number of methoxy groups -OCH3 is 1. The highest BCUT2D eigenvalue weighted by molar-refractivity contribution is 5.92. The van der Waals surface area contributed by atoms with Gasteiger partial charge in [0.1, 0.15) is 5.69 Å². The van der Waals surface area contributed by atoms with Gasteiger partial charge < -0.3 is 10.1 Å². The van der Waals surface area contributed by atoms with Crippen LogP contribution < -0.4 is 5.32 Å². The molecule has 3 aromatic rings. The summed E-state index contributed by atoms with van der Waals surface area (Å²) >= 11 is 0. The van der Waals surface area contributed by atoms with Crippen LogP contribution in [0.15, 0.2) is 67.0 Å². The zero-order valence-corrected chi connectivity index (χ0v) is 13.3. The minimum absolute atomic E-state index is 0.204. The summed E-state index contributed by atoms with van der Waals surface area (Å²) in [7, 11) is 1.63. The molecule has 1 N–H and O–H groups in total. The molecule has 6 nitrogen and oxygen atoms in total. The lowest BCUT2D eigenvalue weighted by molar-refractivity contribution is 0.0824. The molecule has 0 aliphatic rings. The van der Waals surface area contributed by atoms with E-state index in [9.17, 15) is 4.79 Å². The zero-order valence-electron chi connectivity index (χ0n) is 13.3. The number of benzene rings is 1. The SMILES string of the molecule is CO[C@@H](CNC(=O)c1cccc(-n2cccn2)n1)c1ccccc1. The smallest absolute Gasteiger partial charge is 0.270 e. The summed E-state index contributed by atoms with van der Waals surface area (Å²) in [6, 6.07) is 16.8. The quantitative estimate of drug-likeness (QED) is 0.756. The first-order valence-electron chi connectivity index (χ1n) is 7.61. The Balaban J connectivity index is 1.68. The van der Waals surface area contributed by atoms with Crippen molar-refractivity contribution in [2.45, 2.75) is 6.10 Å². The maximum Gasteiger partial charge on any atom is 0.270 e. The third kappa shape index (κ3) is 3.67. The molecule has 24 heavy (non-hydrogen) atoms. The molecule has 1 atom stereocenters. The van der Waals surface area contributed by atoms with Gasteiger partial charge in [0.25, 0.3) is 5.91 Å². The van der Waals surface area contributed by atoms with Crippen molar-refractivity contribution >= 4 is 5.91 Å². The standard InChI is InChI=1S/C18H18N4O2/c1-24-16(14-7-3-2-4-8-14)13-19-18(23)15-9-5-10-17(21-15)22-12-6-11-20-22/h2-12,16H,13H2,1H3,(H,19,23)/t16-/m0/s1. The van der Waals surface area contributed by atoms with E-state index in [4.69, 9.17) is 4.74 Å². The molecule has 2 aromatic heterocycles. The molecule has 2 heterocycles. The Hall–Kier alpha value is -2.99. The monoisotopic (exact) mass is 322 g/mol. The number of nitrogens with one attached hydrogen (secondary N) is 1. The van der Waals surface area contributed by atoms with E-state index in [2.05, 4.69) is 15.4 Å². The molecule has 0 spiro atoms. The molecular weight excluding hydrogens is 304 g/mol. The van der Waals surface area contributed by atoms with Crippen LogP contribution in [0.2, 0.25) is 0 Å². The van der Waals surface area contributed by atoms with Gasteiger partial charge in [0.2, 0.25) is 0 Å². The fourth-order valence-corrected chi connectivity index (χ4v) is 2.36. The van der Waals surface area contributed by atoms with Gasteiger partial charge in [0.15, 0.2) is 5.82 Å². The summed E-state index contributed by atoms with van der Waals surface area (Å²) in [6.45, 7) is 0.368. The van der Waals surface area contributed by atoms with Crippen LogP contribution in [0.3, 0.4) is 0 Å². The van der Waals surface area contributed by atoms with Crippen LogP contribution in [0.1, 0.15) is 22.2 Å². The van der Waals surface area contributed by atoms with Crippen molar-refractivity contribution in [1.82, 2.24) is 20.1 Å². The Bertz CT molecular complexity index is 788. The highest BCUT2D eigenvalue weighted by atomic mass is 16.5. The summed E-state index contributed by atoms with van der Waals surface area (Å²) < 4.78 is 7.07. The normalized spacial score (nSPS) is 11.9. The second kappa shape index (κ2) is 7.52. The van der Waals surface area contributed by atoms with Crippen LogP contribution in [-0.4, -0.2) is 34.3 Å². The van der Waals surface area contributed by atoms with Crippen molar-refractivity contribution in [1.29, 1.82) is 0 Å². The van der Waals surface area contributed by atoms with E-state index >= 15 is 0 Å². The van der Waals surface area contributed by atoms with Crippen LogP contribution in [0.5, 0.6) is 0 Å². The molecule has 0 saturated carbocycles. The molecule has 0 aliphatic heterocycles. The van der Waals surface area contributed by atoms with E-state index in [-0.39, 0.29) is 12.0 Å². The van der Waals surface area contributed by atoms with Gasteiger partial charge in [-0.05, 0) is 23.8 Å². The van der Waals surface area contributed by atoms with E-state index < -0.39 is 0 Å². The third-order valence-corrected chi connectivity index (χ3v) is 3.61. The second-order valence-electron chi connectivity index (χ2n) is 5.18. The first-order chi connectivity index (χ1) is 11.8. The van der Waals surface area contributed by atoms with E-state index in [1.807, 2.05) is 30.3 Å². The zero-order chi connectivity index (χ0) is 16.8. The number of aromatic nitrogens is 3. The Labute approximate surface area is 140 Å². The summed E-state index contributed by atoms with van der Waals surface area (Å²) in [5.41, 5.74) is 1.35. The fraction of sp³-hybridized carbons (Fsp3) is 0.167. The van der Waals surface area contributed by atoms with Crippen molar-refractivity contribution in [3.63, 3.8) is 0 Å². The molecule has 0 bridgehead atoms. The van der Waals surface area contributed by atoms with Crippen molar-refractivity contribution in [2.75, 3.05) is 13.7 Å². The van der Waals surface area contributed by atoms with Gasteiger partial charge in [-0.15, -0.1) is 0 Å². The Morgan fingerprint density at radius 2 is 2.00 bits per heavy atom. The molecule has 1 amide bonds. The molecule has 0 unspecified atom stereocenters. The van der Waals surface area contributed by atoms with Crippen molar-refractivity contribution in [3.8, 4) is 5.82 Å². The van der Waals surface area contributed by atoms with Crippen molar-refractivity contribution in [2.24, 2.45) is 0 Å². The van der Waals surface area contributed by atoms with Crippen LogP contribution in [-0.2, 0) is 4.74 Å². The largest absolute Gasteiger partial charge is 0.375 e. The van der Waals surface area contributed by atoms with E-state index in [1.54, 1.807) is 48.5 Å². The number of carbonyl (C=O) groups is 1. The summed E-state index contributed by atoms with van der Waals surface area (Å²) in [5, 5.41) is 6.98. The number of rotatable bonds is 6. The highest BCUT2D eigenvalue weighted by Crippen LogP contribution is 2.15. The van der Waals surface area contributed by atoms with E-state index in [1.165, 1.54) is 0 Å². The lowest BCUT2D eigenvalue weighted by Crippen LogP contribution is -2.30. The summed E-state index contributed by atoms with van der Waals surface area (Å²) in [4.78, 5) is 16.7. The summed E-state index contributed by atoms with van der Waals surface area (Å²) in [5.74, 6) is 0.348. The molecule has 3 rings (SSSR count). The average Bonchev–Trinajstić information content (AvgIpc) is 3.18. The highest BCUT2D eigenvalue weighted by Gasteiger charge is 2.14. The number of carbonyl (C=O) groups excluding carboxylic acids is 1. The topological polar surface area (TPSA) is 69.0 Å². The van der Waals surface area contributed by atoms with Crippen LogP contribution in [0.25, 0.3) is 5.82 Å². The molecule has 0 aliphatic carbocycles. The predicted molar refractivity (Wildman–Crippen MR) is 89.9 cm³/mol. The number of pyridine rings is 1. The van der Waals surface area contributed by atoms with Crippen LogP contribution >= 0.6 is 0 Å². The molecule has 1 aromatic carbocycles. The third-order valence-electron chi connectivity index (χ3n) is 3.61. The lowest BCUT2D eigenvalue weighted by atomic mass is 10.1. The number of hydrogen-bond acceptors (Lipinski definition) is 4. The summed E-state index contributed by atoms with van der Waals surface area (Å²) in [6.07, 6.45) is 3.24. The maximum atomic E-state index is 12.4. The fourth-order valence-electron chi connectivity index (χ4n) is 2.36. The molecule has 122 valence electrons. The molecule has 0 radical (unpaired) electrons. The Morgan fingerprint density at radius 1 is 1.17 bits per heavy atom. The maximum absolute atomic E-state index is 12.4. The molecular formula is C18H18N4O2. The van der Waals surface area contributed by atoms with Gasteiger partial charge in [-0.2, -0.15) is 5.10 Å². The predicted octanol–water partition coefficient (Wildman–Crippen LogP) is 2.38. The number of amides is 1. The van der Waals surface area contributed by atoms with E-state index in [0.717, 1.165) is 5.56 Å². The number of ether oxygens (including phenoxy) is 1. The van der Waals surface area contributed by atoms with E-state index in [0.29, 0.717) is 18.1 Å². The van der Waals surface area contributed by atoms with Gasteiger partial charge >= 0.3 is 0 Å². The molecule has 0 saturated heterocycles. The first kappa shape index (κ1) is 15.9. The Kier molecular flexibility index (Phi) is 4.98. The lowest BCUT2D eigenvalue weighted by Gasteiger charge is -2.16. The number of hydrogen-bond donors (Lipinski definition) is 1. The minimum atomic E-state index is -0.248. The first-order valence-corrected chi connectivity index (χ1v) is 7.61. The minimum Gasteiger partial charge on any atom is -0.375 e.